The Hall–Kier alpha value is -3.48. The standard InChI is InChI=1S/C22H23N3O4/c1-15-6-8-17(9-7-15)21-24-25-22(29-21)18-12-10-16(11-13-18)20(28)23-14-4-2-3-5-19(26)27/h6-13H,2-5,14H2,1H3,(H,23,28)(H,26,27). The van der Waals surface area contributed by atoms with Crippen molar-refractivity contribution >= 4 is 11.9 Å². The molecule has 2 aromatic carbocycles. The van der Waals surface area contributed by atoms with Gasteiger partial charge in [0.15, 0.2) is 0 Å². The molecule has 7 heteroatoms. The average Bonchev–Trinajstić information content (AvgIpc) is 3.21. The predicted molar refractivity (Wildman–Crippen MR) is 108 cm³/mol. The lowest BCUT2D eigenvalue weighted by atomic mass is 10.1. The van der Waals surface area contributed by atoms with Crippen molar-refractivity contribution in [2.24, 2.45) is 0 Å². The summed E-state index contributed by atoms with van der Waals surface area (Å²) in [6.07, 6.45) is 2.30. The van der Waals surface area contributed by atoms with E-state index in [4.69, 9.17) is 9.52 Å². The molecule has 0 aliphatic heterocycles. The van der Waals surface area contributed by atoms with Crippen LogP contribution in [0.3, 0.4) is 0 Å². The van der Waals surface area contributed by atoms with Crippen molar-refractivity contribution in [3.63, 3.8) is 0 Å². The van der Waals surface area contributed by atoms with E-state index in [1.165, 1.54) is 0 Å². The van der Waals surface area contributed by atoms with Crippen LogP contribution >= 0.6 is 0 Å². The van der Waals surface area contributed by atoms with Gasteiger partial charge in [0.2, 0.25) is 11.8 Å². The van der Waals surface area contributed by atoms with E-state index >= 15 is 0 Å². The van der Waals surface area contributed by atoms with Crippen LogP contribution in [0, 0.1) is 6.92 Å². The summed E-state index contributed by atoms with van der Waals surface area (Å²) in [7, 11) is 0. The third-order valence-corrected chi connectivity index (χ3v) is 4.47. The lowest BCUT2D eigenvalue weighted by Crippen LogP contribution is -2.24. The zero-order valence-electron chi connectivity index (χ0n) is 16.2. The fraction of sp³-hybridized carbons (Fsp3) is 0.273. The second-order valence-corrected chi connectivity index (χ2v) is 6.82. The third-order valence-electron chi connectivity index (χ3n) is 4.47. The molecule has 0 unspecified atom stereocenters. The highest BCUT2D eigenvalue weighted by molar-refractivity contribution is 5.94. The first-order valence-electron chi connectivity index (χ1n) is 9.54. The summed E-state index contributed by atoms with van der Waals surface area (Å²) >= 11 is 0. The molecule has 150 valence electrons. The van der Waals surface area contributed by atoms with Gasteiger partial charge in [0.05, 0.1) is 0 Å². The number of hydrogen-bond donors (Lipinski definition) is 2. The fourth-order valence-corrected chi connectivity index (χ4v) is 2.80. The van der Waals surface area contributed by atoms with Crippen LogP contribution in [-0.2, 0) is 4.79 Å². The van der Waals surface area contributed by atoms with Gasteiger partial charge in [-0.25, -0.2) is 0 Å². The minimum atomic E-state index is -0.790. The minimum Gasteiger partial charge on any atom is -0.481 e. The second-order valence-electron chi connectivity index (χ2n) is 6.82. The normalized spacial score (nSPS) is 10.7. The van der Waals surface area contributed by atoms with Crippen molar-refractivity contribution in [2.75, 3.05) is 6.54 Å². The first-order chi connectivity index (χ1) is 14.0. The Balaban J connectivity index is 1.54. The Morgan fingerprint density at radius 1 is 0.897 bits per heavy atom. The van der Waals surface area contributed by atoms with E-state index in [9.17, 15) is 9.59 Å². The molecular weight excluding hydrogens is 370 g/mol. The van der Waals surface area contributed by atoms with Gasteiger partial charge in [-0.3, -0.25) is 9.59 Å². The molecule has 0 atom stereocenters. The van der Waals surface area contributed by atoms with Crippen LogP contribution < -0.4 is 5.32 Å². The van der Waals surface area contributed by atoms with Gasteiger partial charge >= 0.3 is 5.97 Å². The predicted octanol–water partition coefficient (Wildman–Crippen LogP) is 4.09. The molecule has 0 saturated carbocycles. The lowest BCUT2D eigenvalue weighted by molar-refractivity contribution is -0.137. The minimum absolute atomic E-state index is 0.163. The maximum Gasteiger partial charge on any atom is 0.303 e. The molecule has 0 aliphatic rings. The maximum atomic E-state index is 12.2. The van der Waals surface area contributed by atoms with Crippen LogP contribution in [-0.4, -0.2) is 33.7 Å². The van der Waals surface area contributed by atoms with Gasteiger partial charge in [-0.05, 0) is 56.2 Å². The zero-order valence-corrected chi connectivity index (χ0v) is 16.2. The molecule has 0 fully saturated rings. The Bertz CT molecular complexity index is 962. The quantitative estimate of drug-likeness (QED) is 0.531. The van der Waals surface area contributed by atoms with Crippen LogP contribution in [0.4, 0.5) is 0 Å². The highest BCUT2D eigenvalue weighted by Crippen LogP contribution is 2.24. The summed E-state index contributed by atoms with van der Waals surface area (Å²) in [6, 6.07) is 14.8. The van der Waals surface area contributed by atoms with Gasteiger partial charge in [-0.15, -0.1) is 10.2 Å². The topological polar surface area (TPSA) is 105 Å². The van der Waals surface area contributed by atoms with E-state index in [2.05, 4.69) is 15.5 Å². The largest absolute Gasteiger partial charge is 0.481 e. The highest BCUT2D eigenvalue weighted by atomic mass is 16.4. The summed E-state index contributed by atoms with van der Waals surface area (Å²) in [5, 5.41) is 19.6. The Kier molecular flexibility index (Phi) is 6.73. The molecule has 3 aromatic rings. The van der Waals surface area contributed by atoms with Crippen LogP contribution in [0.2, 0.25) is 0 Å². The maximum absolute atomic E-state index is 12.2. The number of hydrogen-bond acceptors (Lipinski definition) is 5. The number of unbranched alkanes of at least 4 members (excludes halogenated alkanes) is 2. The van der Waals surface area contributed by atoms with Gasteiger partial charge < -0.3 is 14.8 Å². The number of carbonyl (C=O) groups excluding carboxylic acids is 1. The summed E-state index contributed by atoms with van der Waals surface area (Å²) in [5.41, 5.74) is 3.29. The number of benzene rings is 2. The van der Waals surface area contributed by atoms with Crippen molar-refractivity contribution in [3.05, 3.63) is 59.7 Å². The van der Waals surface area contributed by atoms with E-state index in [0.29, 0.717) is 30.3 Å². The van der Waals surface area contributed by atoms with Crippen molar-refractivity contribution in [1.82, 2.24) is 15.5 Å². The van der Waals surface area contributed by atoms with Crippen LogP contribution in [0.5, 0.6) is 0 Å². The van der Waals surface area contributed by atoms with Crippen LogP contribution in [0.25, 0.3) is 22.9 Å². The first-order valence-corrected chi connectivity index (χ1v) is 9.54. The van der Waals surface area contributed by atoms with E-state index in [1.54, 1.807) is 24.3 Å². The number of aliphatic carboxylic acids is 1. The molecule has 0 bridgehead atoms. The number of aromatic nitrogens is 2. The number of carboxylic acids is 1. The zero-order chi connectivity index (χ0) is 20.6. The lowest BCUT2D eigenvalue weighted by Gasteiger charge is -2.05. The van der Waals surface area contributed by atoms with Crippen LogP contribution in [0.15, 0.2) is 52.9 Å². The summed E-state index contributed by atoms with van der Waals surface area (Å²) in [6.45, 7) is 2.53. The van der Waals surface area contributed by atoms with E-state index in [0.717, 1.165) is 29.5 Å². The Morgan fingerprint density at radius 2 is 1.48 bits per heavy atom. The van der Waals surface area contributed by atoms with Gasteiger partial charge in [-0.2, -0.15) is 0 Å². The molecule has 29 heavy (non-hydrogen) atoms. The fourth-order valence-electron chi connectivity index (χ4n) is 2.80. The van der Waals surface area contributed by atoms with E-state index in [-0.39, 0.29) is 12.3 Å². The molecule has 1 aromatic heterocycles. The first kappa shape index (κ1) is 20.3. The summed E-state index contributed by atoms with van der Waals surface area (Å²) in [5.74, 6) is -0.113. The molecule has 3 rings (SSSR count). The Morgan fingerprint density at radius 3 is 2.07 bits per heavy atom. The average molecular weight is 393 g/mol. The van der Waals surface area contributed by atoms with Crippen molar-refractivity contribution < 1.29 is 19.1 Å². The molecule has 0 spiro atoms. The molecule has 0 saturated heterocycles. The molecule has 2 N–H and O–H groups in total. The number of aryl methyl sites for hydroxylation is 1. The van der Waals surface area contributed by atoms with Gasteiger partial charge in [-0.1, -0.05) is 24.1 Å². The number of amides is 1. The van der Waals surface area contributed by atoms with Gasteiger partial charge in [0, 0.05) is 29.7 Å². The molecular formula is C22H23N3O4. The smallest absolute Gasteiger partial charge is 0.303 e. The van der Waals surface area contributed by atoms with Crippen molar-refractivity contribution in [2.45, 2.75) is 32.6 Å². The number of nitrogens with zero attached hydrogens (tertiary/aromatic N) is 2. The van der Waals surface area contributed by atoms with E-state index in [1.807, 2.05) is 31.2 Å². The van der Waals surface area contributed by atoms with Crippen molar-refractivity contribution in [1.29, 1.82) is 0 Å². The molecule has 1 heterocycles. The number of rotatable bonds is 9. The van der Waals surface area contributed by atoms with Crippen molar-refractivity contribution in [3.8, 4) is 22.9 Å². The number of carboxylic acid groups (broad SMARTS) is 1. The molecule has 0 radical (unpaired) electrons. The highest BCUT2D eigenvalue weighted by Gasteiger charge is 2.12. The molecule has 1 amide bonds. The van der Waals surface area contributed by atoms with Gasteiger partial charge in [0.1, 0.15) is 0 Å². The second kappa shape index (κ2) is 9.64. The molecule has 7 nitrogen and oxygen atoms in total. The Labute approximate surface area is 168 Å². The number of nitrogens with one attached hydrogen (secondary N) is 1. The van der Waals surface area contributed by atoms with Crippen LogP contribution in [0.1, 0.15) is 41.6 Å². The van der Waals surface area contributed by atoms with Gasteiger partial charge in [0.25, 0.3) is 5.91 Å². The van der Waals surface area contributed by atoms with E-state index < -0.39 is 5.97 Å². The SMILES string of the molecule is Cc1ccc(-c2nnc(-c3ccc(C(=O)NCCCCCC(=O)O)cc3)o2)cc1. The summed E-state index contributed by atoms with van der Waals surface area (Å²) < 4.78 is 5.75. The summed E-state index contributed by atoms with van der Waals surface area (Å²) in [4.78, 5) is 22.6. The number of carbonyl (C=O) groups is 2. The molecule has 0 aliphatic carbocycles. The third kappa shape index (κ3) is 5.75. The monoisotopic (exact) mass is 393 g/mol.